The van der Waals surface area contributed by atoms with Crippen LogP contribution < -0.4 is 5.73 Å². The maximum absolute atomic E-state index is 13.7. The van der Waals surface area contributed by atoms with Crippen molar-refractivity contribution in [1.29, 1.82) is 0 Å². The highest BCUT2D eigenvalue weighted by Crippen LogP contribution is 2.31. The molecule has 19 heavy (non-hydrogen) atoms. The van der Waals surface area contributed by atoms with E-state index in [2.05, 4.69) is 9.55 Å². The normalized spacial score (nSPS) is 18.3. The maximum atomic E-state index is 13.7. The van der Waals surface area contributed by atoms with Crippen LogP contribution in [-0.4, -0.2) is 9.55 Å². The minimum atomic E-state index is -0.0901. The van der Waals surface area contributed by atoms with Gasteiger partial charge in [-0.2, -0.15) is 0 Å². The number of hydrogen-bond acceptors (Lipinski definition) is 2. The number of halogens is 1. The third-order valence-electron chi connectivity index (χ3n) is 3.86. The first-order chi connectivity index (χ1) is 9.20. The molecule has 0 amide bonds. The van der Waals surface area contributed by atoms with Gasteiger partial charge in [-0.3, -0.25) is 0 Å². The number of nitrogens with two attached hydrogens (primary N) is 1. The van der Waals surface area contributed by atoms with Crippen LogP contribution in [0.5, 0.6) is 0 Å². The minimum Gasteiger partial charge on any atom is -0.337 e. The van der Waals surface area contributed by atoms with E-state index in [9.17, 15) is 4.39 Å². The van der Waals surface area contributed by atoms with E-state index in [1.54, 1.807) is 6.07 Å². The zero-order chi connectivity index (χ0) is 13.4. The number of nitrogens with zero attached hydrogens (tertiary/aromatic N) is 1. The van der Waals surface area contributed by atoms with Crippen molar-refractivity contribution in [3.8, 4) is 0 Å². The van der Waals surface area contributed by atoms with E-state index in [1.807, 2.05) is 12.3 Å². The summed E-state index contributed by atoms with van der Waals surface area (Å²) < 4.78 is 16.5. The number of H-pyrrole nitrogens is 1. The fraction of sp³-hybridized carbons (Fsp3) is 0.357. The summed E-state index contributed by atoms with van der Waals surface area (Å²) >= 11 is 5.32. The molecule has 0 saturated carbocycles. The average molecular weight is 277 g/mol. The predicted molar refractivity (Wildman–Crippen MR) is 75.0 cm³/mol. The van der Waals surface area contributed by atoms with E-state index >= 15 is 0 Å². The molecule has 0 bridgehead atoms. The third-order valence-corrected chi connectivity index (χ3v) is 4.18. The summed E-state index contributed by atoms with van der Waals surface area (Å²) in [7, 11) is 0. The quantitative estimate of drug-likeness (QED) is 0.829. The number of aromatic amines is 1. The van der Waals surface area contributed by atoms with E-state index < -0.39 is 0 Å². The van der Waals surface area contributed by atoms with Gasteiger partial charge in [0.25, 0.3) is 0 Å². The second kappa shape index (κ2) is 4.90. The smallest absolute Gasteiger partial charge is 0.177 e. The molecule has 1 atom stereocenters. The summed E-state index contributed by atoms with van der Waals surface area (Å²) in [4.78, 5) is 3.04. The van der Waals surface area contributed by atoms with Crippen LogP contribution in [-0.2, 0) is 19.4 Å². The molecule has 3 rings (SSSR count). The van der Waals surface area contributed by atoms with Crippen molar-refractivity contribution in [3.05, 3.63) is 51.8 Å². The summed E-state index contributed by atoms with van der Waals surface area (Å²) in [6.07, 6.45) is 4.33. The SMILES string of the molecule is NCc1c[nH]c(=S)n1[C@H]1CCc2c(F)cccc2C1. The van der Waals surface area contributed by atoms with Crippen LogP contribution in [0, 0.1) is 10.6 Å². The first-order valence-electron chi connectivity index (χ1n) is 6.46. The van der Waals surface area contributed by atoms with Crippen LogP contribution in [0.3, 0.4) is 0 Å². The molecule has 1 aromatic carbocycles. The number of aromatic nitrogens is 2. The zero-order valence-corrected chi connectivity index (χ0v) is 11.3. The van der Waals surface area contributed by atoms with E-state index in [-0.39, 0.29) is 11.9 Å². The van der Waals surface area contributed by atoms with Crippen molar-refractivity contribution < 1.29 is 4.39 Å². The van der Waals surface area contributed by atoms with Gasteiger partial charge in [0.2, 0.25) is 0 Å². The average Bonchev–Trinajstić information content (AvgIpc) is 2.80. The monoisotopic (exact) mass is 277 g/mol. The molecule has 0 unspecified atom stereocenters. The summed E-state index contributed by atoms with van der Waals surface area (Å²) in [6, 6.07) is 5.58. The van der Waals surface area contributed by atoms with Crippen LogP contribution >= 0.6 is 12.2 Å². The molecule has 0 aliphatic heterocycles. The highest BCUT2D eigenvalue weighted by atomic mass is 32.1. The van der Waals surface area contributed by atoms with Crippen LogP contribution in [0.2, 0.25) is 0 Å². The first kappa shape index (κ1) is 12.6. The van der Waals surface area contributed by atoms with Gasteiger partial charge in [-0.1, -0.05) is 12.1 Å². The lowest BCUT2D eigenvalue weighted by Gasteiger charge is -2.27. The Bertz CT molecular complexity index is 659. The highest BCUT2D eigenvalue weighted by Gasteiger charge is 2.23. The Balaban J connectivity index is 1.98. The van der Waals surface area contributed by atoms with Crippen molar-refractivity contribution in [2.45, 2.75) is 31.8 Å². The van der Waals surface area contributed by atoms with Gasteiger partial charge in [0, 0.05) is 18.8 Å². The Morgan fingerprint density at radius 3 is 3.11 bits per heavy atom. The van der Waals surface area contributed by atoms with Gasteiger partial charge in [0.1, 0.15) is 5.82 Å². The molecule has 1 aromatic heterocycles. The van der Waals surface area contributed by atoms with Crippen molar-refractivity contribution >= 4 is 12.2 Å². The molecule has 1 aliphatic rings. The molecule has 2 aromatic rings. The molecule has 0 radical (unpaired) electrons. The summed E-state index contributed by atoms with van der Waals surface area (Å²) in [6.45, 7) is 0.458. The number of imidazole rings is 1. The molecule has 3 nitrogen and oxygen atoms in total. The second-order valence-corrected chi connectivity index (χ2v) is 5.32. The van der Waals surface area contributed by atoms with Crippen molar-refractivity contribution in [2.75, 3.05) is 0 Å². The van der Waals surface area contributed by atoms with Gasteiger partial charge in [-0.05, 0) is 48.7 Å². The van der Waals surface area contributed by atoms with Crippen LogP contribution in [0.1, 0.15) is 29.3 Å². The Morgan fingerprint density at radius 2 is 2.32 bits per heavy atom. The van der Waals surface area contributed by atoms with Gasteiger partial charge in [0.15, 0.2) is 4.77 Å². The molecule has 1 heterocycles. The summed E-state index contributed by atoms with van der Waals surface area (Å²) in [5.41, 5.74) is 8.69. The highest BCUT2D eigenvalue weighted by molar-refractivity contribution is 7.71. The molecule has 5 heteroatoms. The largest absolute Gasteiger partial charge is 0.337 e. The van der Waals surface area contributed by atoms with Crippen molar-refractivity contribution in [1.82, 2.24) is 9.55 Å². The third kappa shape index (κ3) is 2.13. The molecular weight excluding hydrogens is 261 g/mol. The van der Waals surface area contributed by atoms with Crippen molar-refractivity contribution in [2.24, 2.45) is 5.73 Å². The van der Waals surface area contributed by atoms with E-state index in [0.29, 0.717) is 11.3 Å². The molecule has 3 N–H and O–H groups in total. The Hall–Kier alpha value is -1.46. The van der Waals surface area contributed by atoms with Gasteiger partial charge in [0.05, 0.1) is 5.69 Å². The summed E-state index contributed by atoms with van der Waals surface area (Å²) in [5.74, 6) is -0.0901. The molecule has 100 valence electrons. The van der Waals surface area contributed by atoms with Crippen LogP contribution in [0.4, 0.5) is 4.39 Å². The van der Waals surface area contributed by atoms with Gasteiger partial charge < -0.3 is 15.3 Å². The maximum Gasteiger partial charge on any atom is 0.177 e. The van der Waals surface area contributed by atoms with E-state index in [1.165, 1.54) is 6.07 Å². The Kier molecular flexibility index (Phi) is 3.24. The van der Waals surface area contributed by atoms with Crippen LogP contribution in [0.15, 0.2) is 24.4 Å². The lowest BCUT2D eigenvalue weighted by Crippen LogP contribution is -2.22. The van der Waals surface area contributed by atoms with Gasteiger partial charge in [-0.15, -0.1) is 0 Å². The molecule has 0 fully saturated rings. The van der Waals surface area contributed by atoms with Crippen molar-refractivity contribution in [3.63, 3.8) is 0 Å². The molecule has 0 spiro atoms. The predicted octanol–water partition coefficient (Wildman–Crippen LogP) is 2.87. The molecular formula is C14H16FN3S. The van der Waals surface area contributed by atoms with Crippen LogP contribution in [0.25, 0.3) is 0 Å². The van der Waals surface area contributed by atoms with E-state index in [0.717, 1.165) is 36.1 Å². The number of hydrogen-bond donors (Lipinski definition) is 2. The lowest BCUT2D eigenvalue weighted by atomic mass is 9.87. The number of benzene rings is 1. The number of rotatable bonds is 2. The topological polar surface area (TPSA) is 46.7 Å². The fourth-order valence-corrected chi connectivity index (χ4v) is 3.26. The Morgan fingerprint density at radius 1 is 1.47 bits per heavy atom. The minimum absolute atomic E-state index is 0.0901. The Labute approximate surface area is 116 Å². The first-order valence-corrected chi connectivity index (χ1v) is 6.86. The van der Waals surface area contributed by atoms with E-state index in [4.69, 9.17) is 18.0 Å². The summed E-state index contributed by atoms with van der Waals surface area (Å²) in [5, 5.41) is 0. The van der Waals surface area contributed by atoms with Gasteiger partial charge in [-0.25, -0.2) is 4.39 Å². The molecule has 0 saturated heterocycles. The second-order valence-electron chi connectivity index (χ2n) is 4.93. The molecule has 1 aliphatic carbocycles. The number of fused-ring (bicyclic) bond motifs is 1. The fourth-order valence-electron chi connectivity index (χ4n) is 2.93. The standard InChI is InChI=1S/C14H16FN3S/c15-13-3-1-2-9-6-10(4-5-12(9)13)18-11(7-16)8-17-14(18)19/h1-3,8,10H,4-7,16H2,(H,17,19)/t10-/m0/s1. The van der Waals surface area contributed by atoms with Gasteiger partial charge >= 0.3 is 0 Å². The zero-order valence-electron chi connectivity index (χ0n) is 10.5. The lowest BCUT2D eigenvalue weighted by molar-refractivity contribution is 0.419. The number of nitrogens with one attached hydrogen (secondary N) is 1.